The first-order valence-corrected chi connectivity index (χ1v) is 6.32. The van der Waals surface area contributed by atoms with Gasteiger partial charge in [0.05, 0.1) is 5.56 Å². The molecule has 3 nitrogen and oxygen atoms in total. The van der Waals surface area contributed by atoms with Gasteiger partial charge in [0.25, 0.3) is 0 Å². The summed E-state index contributed by atoms with van der Waals surface area (Å²) in [5.41, 5.74) is -0.273. The zero-order valence-corrected chi connectivity index (χ0v) is 11.2. The third kappa shape index (κ3) is 3.72. The van der Waals surface area contributed by atoms with Gasteiger partial charge in [-0.1, -0.05) is 48.5 Å². The first kappa shape index (κ1) is 15.8. The van der Waals surface area contributed by atoms with Crippen LogP contribution in [0.3, 0.4) is 0 Å². The number of benzene rings is 2. The molecule has 2 aromatic rings. The molecule has 0 fully saturated rings. The topological polar surface area (TPSA) is 43.4 Å². The van der Waals surface area contributed by atoms with Gasteiger partial charge in [-0.3, -0.25) is 4.79 Å². The van der Waals surface area contributed by atoms with Crippen LogP contribution in [0, 0.1) is 0 Å². The quantitative estimate of drug-likeness (QED) is 0.641. The van der Waals surface area contributed by atoms with Gasteiger partial charge in [-0.2, -0.15) is 13.2 Å². The van der Waals surface area contributed by atoms with Crippen LogP contribution in [0.15, 0.2) is 60.7 Å². The summed E-state index contributed by atoms with van der Waals surface area (Å²) in [6.45, 7) is 0. The third-order valence-corrected chi connectivity index (χ3v) is 2.90. The van der Waals surface area contributed by atoms with Gasteiger partial charge in [-0.05, 0) is 17.7 Å². The smallest absolute Gasteiger partial charge is 0.389 e. The van der Waals surface area contributed by atoms with Crippen molar-refractivity contribution in [3.63, 3.8) is 0 Å². The minimum atomic E-state index is -4.85. The van der Waals surface area contributed by atoms with E-state index in [0.717, 1.165) is 12.1 Å². The van der Waals surface area contributed by atoms with Crippen molar-refractivity contribution in [2.75, 3.05) is 0 Å². The summed E-state index contributed by atoms with van der Waals surface area (Å²) in [6, 6.07) is 13.9. The van der Waals surface area contributed by atoms with Gasteiger partial charge in [0.15, 0.2) is 5.92 Å². The molecule has 2 aromatic carbocycles. The molecule has 0 aliphatic heterocycles. The zero-order valence-electron chi connectivity index (χ0n) is 11.2. The van der Waals surface area contributed by atoms with Crippen molar-refractivity contribution in [3.05, 3.63) is 71.8 Å². The van der Waals surface area contributed by atoms with Crippen LogP contribution < -0.4 is 0 Å². The van der Waals surface area contributed by atoms with Crippen LogP contribution in [0.2, 0.25) is 0 Å². The maximum absolute atomic E-state index is 13.1. The van der Waals surface area contributed by atoms with E-state index in [-0.39, 0.29) is 11.1 Å². The first-order chi connectivity index (χ1) is 10.4. The summed E-state index contributed by atoms with van der Waals surface area (Å²) in [4.78, 5) is 23.5. The lowest BCUT2D eigenvalue weighted by Gasteiger charge is -2.18. The Labute approximate surface area is 124 Å². The maximum Gasteiger partial charge on any atom is 0.406 e. The van der Waals surface area contributed by atoms with Gasteiger partial charge < -0.3 is 4.74 Å². The van der Waals surface area contributed by atoms with Gasteiger partial charge in [0.1, 0.15) is 0 Å². The number of ether oxygens (including phenoxy) is 1. The Morgan fingerprint density at radius 1 is 0.864 bits per heavy atom. The van der Waals surface area contributed by atoms with Crippen LogP contribution in [0.5, 0.6) is 0 Å². The number of hydrogen-bond acceptors (Lipinski definition) is 3. The summed E-state index contributed by atoms with van der Waals surface area (Å²) in [6.07, 6.45) is -4.85. The van der Waals surface area contributed by atoms with Gasteiger partial charge in [-0.25, -0.2) is 4.79 Å². The van der Waals surface area contributed by atoms with Crippen LogP contribution in [-0.2, 0) is 9.53 Å². The second-order valence-corrected chi connectivity index (χ2v) is 4.46. The van der Waals surface area contributed by atoms with Gasteiger partial charge in [0, 0.05) is 0 Å². The lowest BCUT2D eigenvalue weighted by Crippen LogP contribution is -2.31. The molecule has 22 heavy (non-hydrogen) atoms. The molecular weight excluding hydrogens is 297 g/mol. The van der Waals surface area contributed by atoms with E-state index in [1.54, 1.807) is 6.07 Å². The van der Waals surface area contributed by atoms with Crippen LogP contribution >= 0.6 is 0 Å². The normalized spacial score (nSPS) is 12.5. The van der Waals surface area contributed by atoms with E-state index in [9.17, 15) is 22.8 Å². The molecule has 0 radical (unpaired) electrons. The summed E-state index contributed by atoms with van der Waals surface area (Å²) in [5.74, 6) is -5.26. The van der Waals surface area contributed by atoms with Crippen molar-refractivity contribution in [2.24, 2.45) is 0 Å². The fourth-order valence-corrected chi connectivity index (χ4v) is 1.89. The fourth-order valence-electron chi connectivity index (χ4n) is 1.89. The largest absolute Gasteiger partial charge is 0.406 e. The van der Waals surface area contributed by atoms with Crippen molar-refractivity contribution in [2.45, 2.75) is 12.1 Å². The molecule has 114 valence electrons. The van der Waals surface area contributed by atoms with Crippen molar-refractivity contribution in [1.82, 2.24) is 0 Å². The lowest BCUT2D eigenvalue weighted by molar-refractivity contribution is -0.176. The van der Waals surface area contributed by atoms with Crippen LogP contribution in [0.25, 0.3) is 0 Å². The molecular formula is C16H11F3O3. The van der Waals surface area contributed by atoms with Gasteiger partial charge in [0.2, 0.25) is 0 Å². The molecule has 0 aromatic heterocycles. The van der Waals surface area contributed by atoms with E-state index in [1.807, 2.05) is 0 Å². The Kier molecular flexibility index (Phi) is 4.60. The van der Waals surface area contributed by atoms with Gasteiger partial charge in [-0.15, -0.1) is 0 Å². The summed E-state index contributed by atoms with van der Waals surface area (Å²) < 4.78 is 43.7. The van der Waals surface area contributed by atoms with Crippen molar-refractivity contribution < 1.29 is 27.5 Å². The Hall–Kier alpha value is -2.63. The lowest BCUT2D eigenvalue weighted by atomic mass is 9.99. The SMILES string of the molecule is O=C(OC(=O)C(c1ccccc1)C(F)(F)F)c1ccccc1. The number of rotatable bonds is 3. The fraction of sp³-hybridized carbons (Fsp3) is 0.125. The number of hydrogen-bond donors (Lipinski definition) is 0. The van der Waals surface area contributed by atoms with E-state index >= 15 is 0 Å². The molecule has 1 atom stereocenters. The van der Waals surface area contributed by atoms with Crippen molar-refractivity contribution >= 4 is 11.9 Å². The average molecular weight is 308 g/mol. The Bertz CT molecular complexity index is 651. The molecule has 6 heteroatoms. The minimum Gasteiger partial charge on any atom is -0.389 e. The molecule has 0 amide bonds. The molecule has 2 rings (SSSR count). The molecule has 0 saturated carbocycles. The predicted molar refractivity (Wildman–Crippen MR) is 72.1 cm³/mol. The highest BCUT2D eigenvalue weighted by Crippen LogP contribution is 2.35. The second kappa shape index (κ2) is 6.43. The standard InChI is InChI=1S/C16H11F3O3/c17-16(18,19)13(11-7-3-1-4-8-11)15(21)22-14(20)12-9-5-2-6-10-12/h1-10,13H. The molecule has 0 aliphatic carbocycles. The highest BCUT2D eigenvalue weighted by Gasteiger charge is 2.47. The highest BCUT2D eigenvalue weighted by atomic mass is 19.4. The van der Waals surface area contributed by atoms with Crippen molar-refractivity contribution in [3.8, 4) is 0 Å². The number of halogens is 3. The number of carbonyl (C=O) groups excluding carboxylic acids is 2. The van der Waals surface area contributed by atoms with Crippen molar-refractivity contribution in [1.29, 1.82) is 0 Å². The molecule has 0 saturated heterocycles. The molecule has 0 N–H and O–H groups in total. The monoisotopic (exact) mass is 308 g/mol. The molecule has 0 spiro atoms. The van der Waals surface area contributed by atoms with E-state index < -0.39 is 24.0 Å². The summed E-state index contributed by atoms with van der Waals surface area (Å²) in [5, 5.41) is 0. The highest BCUT2D eigenvalue weighted by molar-refractivity contribution is 5.98. The first-order valence-electron chi connectivity index (χ1n) is 6.32. The Morgan fingerprint density at radius 3 is 1.86 bits per heavy atom. The number of esters is 2. The van der Waals surface area contributed by atoms with Crippen LogP contribution in [0.4, 0.5) is 13.2 Å². The van der Waals surface area contributed by atoms with E-state index in [0.29, 0.717) is 0 Å². The summed E-state index contributed by atoms with van der Waals surface area (Å²) in [7, 11) is 0. The minimum absolute atomic E-state index is 0.00448. The number of carbonyl (C=O) groups is 2. The Balaban J connectivity index is 2.22. The summed E-state index contributed by atoms with van der Waals surface area (Å²) >= 11 is 0. The van der Waals surface area contributed by atoms with E-state index in [4.69, 9.17) is 0 Å². The van der Waals surface area contributed by atoms with E-state index in [2.05, 4.69) is 4.74 Å². The predicted octanol–water partition coefficient (Wildman–Crippen LogP) is 3.72. The molecule has 0 heterocycles. The maximum atomic E-state index is 13.1. The van der Waals surface area contributed by atoms with E-state index in [1.165, 1.54) is 42.5 Å². The molecule has 0 aliphatic rings. The zero-order chi connectivity index (χ0) is 16.2. The second-order valence-electron chi connectivity index (χ2n) is 4.46. The number of alkyl halides is 3. The molecule has 0 bridgehead atoms. The van der Waals surface area contributed by atoms with Crippen LogP contribution in [-0.4, -0.2) is 18.1 Å². The average Bonchev–Trinajstić information content (AvgIpc) is 2.48. The third-order valence-electron chi connectivity index (χ3n) is 2.90. The Morgan fingerprint density at radius 2 is 1.36 bits per heavy atom. The van der Waals surface area contributed by atoms with Gasteiger partial charge >= 0.3 is 18.1 Å². The van der Waals surface area contributed by atoms with Crippen LogP contribution in [0.1, 0.15) is 21.8 Å². The molecule has 1 unspecified atom stereocenters.